The predicted octanol–water partition coefficient (Wildman–Crippen LogP) is 3.54. The largest absolute Gasteiger partial charge is 0.345 e. The first kappa shape index (κ1) is 17.2. The summed E-state index contributed by atoms with van der Waals surface area (Å²) in [5, 5.41) is 8.64. The fourth-order valence-electron chi connectivity index (χ4n) is 3.65. The summed E-state index contributed by atoms with van der Waals surface area (Å²) >= 11 is 1.40. The molecule has 1 aliphatic rings. The first-order chi connectivity index (χ1) is 12.5. The van der Waals surface area contributed by atoms with Crippen LogP contribution in [0.1, 0.15) is 41.0 Å². The summed E-state index contributed by atoms with van der Waals surface area (Å²) < 4.78 is 15.0. The van der Waals surface area contributed by atoms with Crippen molar-refractivity contribution in [2.75, 3.05) is 6.54 Å². The summed E-state index contributed by atoms with van der Waals surface area (Å²) in [7, 11) is 0. The van der Waals surface area contributed by atoms with Gasteiger partial charge in [-0.1, -0.05) is 12.8 Å². The van der Waals surface area contributed by atoms with Gasteiger partial charge in [0, 0.05) is 11.9 Å². The fraction of sp³-hybridized carbons (Fsp3) is 0.368. The second-order valence-corrected chi connectivity index (χ2v) is 7.98. The van der Waals surface area contributed by atoms with E-state index in [4.69, 9.17) is 5.73 Å². The van der Waals surface area contributed by atoms with Gasteiger partial charge in [0.2, 0.25) is 0 Å². The average Bonchev–Trinajstić information content (AvgIpc) is 3.33. The number of rotatable bonds is 4. The van der Waals surface area contributed by atoms with Crippen molar-refractivity contribution in [1.82, 2.24) is 15.1 Å². The Labute approximate surface area is 155 Å². The first-order valence-electron chi connectivity index (χ1n) is 8.79. The van der Waals surface area contributed by atoms with Crippen LogP contribution in [0.15, 0.2) is 30.3 Å². The van der Waals surface area contributed by atoms with Crippen LogP contribution in [0.4, 0.5) is 4.39 Å². The van der Waals surface area contributed by atoms with E-state index in [1.807, 2.05) is 13.0 Å². The molecule has 1 aromatic carbocycles. The molecule has 26 heavy (non-hydrogen) atoms. The molecule has 7 heteroatoms. The lowest BCUT2D eigenvalue weighted by Crippen LogP contribution is -2.51. The van der Waals surface area contributed by atoms with E-state index in [1.54, 1.807) is 16.8 Å². The Hall–Kier alpha value is -2.25. The van der Waals surface area contributed by atoms with Gasteiger partial charge in [-0.15, -0.1) is 11.3 Å². The Kier molecular flexibility index (Phi) is 4.28. The zero-order chi connectivity index (χ0) is 18.3. The zero-order valence-electron chi connectivity index (χ0n) is 14.6. The van der Waals surface area contributed by atoms with E-state index in [0.29, 0.717) is 11.4 Å². The van der Waals surface area contributed by atoms with E-state index in [0.717, 1.165) is 47.3 Å². The molecule has 5 nitrogen and oxygen atoms in total. The molecule has 1 saturated carbocycles. The van der Waals surface area contributed by atoms with Gasteiger partial charge in [0.15, 0.2) is 0 Å². The number of hydrogen-bond acceptors (Lipinski definition) is 4. The Bertz CT molecular complexity index is 954. The molecule has 0 bridgehead atoms. The highest BCUT2D eigenvalue weighted by atomic mass is 32.1. The number of fused-ring (bicyclic) bond motifs is 1. The zero-order valence-corrected chi connectivity index (χ0v) is 15.4. The maximum absolute atomic E-state index is 13.2. The van der Waals surface area contributed by atoms with Crippen molar-refractivity contribution in [2.45, 2.75) is 38.1 Å². The first-order valence-corrected chi connectivity index (χ1v) is 9.61. The van der Waals surface area contributed by atoms with E-state index in [9.17, 15) is 9.18 Å². The van der Waals surface area contributed by atoms with Gasteiger partial charge < -0.3 is 11.1 Å². The van der Waals surface area contributed by atoms with Crippen LogP contribution in [0.5, 0.6) is 0 Å². The molecule has 0 spiro atoms. The highest BCUT2D eigenvalue weighted by Gasteiger charge is 2.34. The molecule has 0 unspecified atom stereocenters. The molecule has 2 aromatic heterocycles. The molecule has 2 heterocycles. The third-order valence-electron chi connectivity index (χ3n) is 5.17. The summed E-state index contributed by atoms with van der Waals surface area (Å²) in [6, 6.07) is 8.07. The molecule has 1 amide bonds. The molecule has 0 atom stereocenters. The third kappa shape index (κ3) is 2.91. The molecule has 1 aliphatic carbocycles. The number of amides is 1. The Morgan fingerprint density at radius 3 is 2.69 bits per heavy atom. The summed E-state index contributed by atoms with van der Waals surface area (Å²) in [5.41, 5.74) is 7.27. The van der Waals surface area contributed by atoms with Crippen molar-refractivity contribution in [2.24, 2.45) is 5.73 Å². The van der Waals surface area contributed by atoms with Crippen molar-refractivity contribution < 1.29 is 9.18 Å². The molecule has 0 saturated heterocycles. The lowest BCUT2D eigenvalue weighted by Gasteiger charge is -2.28. The minimum absolute atomic E-state index is 0.0800. The lowest BCUT2D eigenvalue weighted by molar-refractivity contribution is 0.0907. The van der Waals surface area contributed by atoms with Gasteiger partial charge in [0.1, 0.15) is 10.6 Å². The minimum Gasteiger partial charge on any atom is -0.345 e. The van der Waals surface area contributed by atoms with Gasteiger partial charge in [-0.3, -0.25) is 4.79 Å². The lowest BCUT2D eigenvalue weighted by atomic mass is 9.98. The van der Waals surface area contributed by atoms with Crippen LogP contribution in [0.25, 0.3) is 15.9 Å². The van der Waals surface area contributed by atoms with E-state index in [2.05, 4.69) is 10.4 Å². The van der Waals surface area contributed by atoms with Crippen LogP contribution in [-0.2, 0) is 0 Å². The quantitative estimate of drug-likeness (QED) is 0.736. The van der Waals surface area contributed by atoms with E-state index < -0.39 is 0 Å². The maximum atomic E-state index is 13.2. The number of nitrogens with two attached hydrogens (primary N) is 1. The van der Waals surface area contributed by atoms with Crippen LogP contribution in [0.3, 0.4) is 0 Å². The topological polar surface area (TPSA) is 72.9 Å². The summed E-state index contributed by atoms with van der Waals surface area (Å²) in [6.45, 7) is 2.38. The van der Waals surface area contributed by atoms with Gasteiger partial charge >= 0.3 is 0 Å². The molecule has 1 fully saturated rings. The number of carbonyl (C=O) groups excluding carboxylic acids is 1. The van der Waals surface area contributed by atoms with Crippen LogP contribution in [0, 0.1) is 12.7 Å². The van der Waals surface area contributed by atoms with Gasteiger partial charge in [0.05, 0.1) is 21.8 Å². The van der Waals surface area contributed by atoms with Crippen molar-refractivity contribution in [3.8, 4) is 5.69 Å². The number of benzene rings is 1. The number of thiophene rings is 1. The van der Waals surface area contributed by atoms with Crippen molar-refractivity contribution in [3.05, 3.63) is 46.7 Å². The number of aromatic nitrogens is 2. The Morgan fingerprint density at radius 1 is 1.35 bits per heavy atom. The second-order valence-electron chi connectivity index (χ2n) is 6.95. The number of aryl methyl sites for hydroxylation is 1. The smallest absolute Gasteiger partial charge is 0.261 e. The summed E-state index contributed by atoms with van der Waals surface area (Å²) in [6.07, 6.45) is 4.07. The van der Waals surface area contributed by atoms with Crippen LogP contribution in [-0.4, -0.2) is 27.8 Å². The molecule has 0 aliphatic heterocycles. The standard InChI is InChI=1S/C19H21FN4OS/c1-12-15-10-16(17(25)22-19(11-21)8-2-3-9-19)26-18(15)24(23-12)14-6-4-13(20)5-7-14/h4-7,10H,2-3,8-9,11,21H2,1H3,(H,22,25). The van der Waals surface area contributed by atoms with Gasteiger partial charge in [0.25, 0.3) is 5.91 Å². The van der Waals surface area contributed by atoms with Crippen molar-refractivity contribution in [1.29, 1.82) is 0 Å². The predicted molar refractivity (Wildman–Crippen MR) is 101 cm³/mol. The molecule has 136 valence electrons. The molecule has 3 aromatic rings. The number of carbonyl (C=O) groups is 1. The minimum atomic E-state index is -0.288. The van der Waals surface area contributed by atoms with Gasteiger partial charge in [-0.2, -0.15) is 5.10 Å². The van der Waals surface area contributed by atoms with Crippen LogP contribution >= 0.6 is 11.3 Å². The van der Waals surface area contributed by atoms with Crippen molar-refractivity contribution in [3.63, 3.8) is 0 Å². The molecule has 3 N–H and O–H groups in total. The second kappa shape index (κ2) is 6.48. The summed E-state index contributed by atoms with van der Waals surface area (Å²) in [5.74, 6) is -0.368. The van der Waals surface area contributed by atoms with E-state index in [-0.39, 0.29) is 17.3 Å². The molecule has 4 rings (SSSR count). The number of halogens is 1. The maximum Gasteiger partial charge on any atom is 0.261 e. The summed E-state index contributed by atoms with van der Waals surface area (Å²) in [4.78, 5) is 14.3. The SMILES string of the molecule is Cc1nn(-c2ccc(F)cc2)c2sc(C(=O)NC3(CN)CCCC3)cc12. The number of nitrogens with zero attached hydrogens (tertiary/aromatic N) is 2. The van der Waals surface area contributed by atoms with Crippen LogP contribution in [0.2, 0.25) is 0 Å². The molecular weight excluding hydrogens is 351 g/mol. The molecular formula is C19H21FN4OS. The Morgan fingerprint density at radius 2 is 2.04 bits per heavy atom. The van der Waals surface area contributed by atoms with E-state index >= 15 is 0 Å². The van der Waals surface area contributed by atoms with E-state index in [1.165, 1.54) is 23.5 Å². The normalized spacial score (nSPS) is 16.3. The molecule has 0 radical (unpaired) electrons. The van der Waals surface area contributed by atoms with Crippen molar-refractivity contribution >= 4 is 27.5 Å². The fourth-order valence-corrected chi connectivity index (χ4v) is 4.73. The third-order valence-corrected chi connectivity index (χ3v) is 6.28. The highest BCUT2D eigenvalue weighted by molar-refractivity contribution is 7.20. The van der Waals surface area contributed by atoms with Crippen LogP contribution < -0.4 is 11.1 Å². The number of hydrogen-bond donors (Lipinski definition) is 2. The highest BCUT2D eigenvalue weighted by Crippen LogP contribution is 2.33. The van der Waals surface area contributed by atoms with Gasteiger partial charge in [-0.25, -0.2) is 9.07 Å². The monoisotopic (exact) mass is 372 g/mol. The Balaban J connectivity index is 1.68. The number of nitrogens with one attached hydrogen (secondary N) is 1. The average molecular weight is 372 g/mol. The van der Waals surface area contributed by atoms with Gasteiger partial charge in [-0.05, 0) is 50.1 Å².